The van der Waals surface area contributed by atoms with Gasteiger partial charge in [-0.1, -0.05) is 42.5 Å². The van der Waals surface area contributed by atoms with E-state index in [-0.39, 0.29) is 24.9 Å². The minimum atomic E-state index is -0.127. The summed E-state index contributed by atoms with van der Waals surface area (Å²) in [6.45, 7) is 1.32. The van der Waals surface area contributed by atoms with Gasteiger partial charge >= 0.3 is 0 Å². The fourth-order valence-corrected chi connectivity index (χ4v) is 2.32. The standard InChI is InChI=1S/C19H24N2O2.ClH/c20-15-19(22)21-12-11-17-8-4-10-18(14-17)23-13-5-9-16-6-2-1-3-7-16;/h1-4,6-8,10,14H,5,9,11-13,15,20H2,(H,21,22);1H. The van der Waals surface area contributed by atoms with Gasteiger partial charge in [-0.25, -0.2) is 0 Å². The van der Waals surface area contributed by atoms with Gasteiger partial charge in [-0.3, -0.25) is 4.79 Å². The number of aryl methyl sites for hydroxylation is 1. The zero-order valence-corrected chi connectivity index (χ0v) is 14.6. The summed E-state index contributed by atoms with van der Waals surface area (Å²) in [4.78, 5) is 11.1. The lowest BCUT2D eigenvalue weighted by molar-refractivity contribution is -0.119. The Balaban J connectivity index is 0.00000288. The van der Waals surface area contributed by atoms with Crippen LogP contribution in [0.2, 0.25) is 0 Å². The molecule has 0 spiro atoms. The summed E-state index contributed by atoms with van der Waals surface area (Å²) >= 11 is 0. The van der Waals surface area contributed by atoms with Gasteiger partial charge in [0, 0.05) is 6.54 Å². The van der Waals surface area contributed by atoms with Crippen LogP contribution in [0.1, 0.15) is 17.5 Å². The Labute approximate surface area is 149 Å². The number of carbonyl (C=O) groups excluding carboxylic acids is 1. The molecule has 4 nitrogen and oxygen atoms in total. The summed E-state index contributed by atoms with van der Waals surface area (Å²) in [5.41, 5.74) is 7.73. The van der Waals surface area contributed by atoms with Gasteiger partial charge in [0.05, 0.1) is 13.2 Å². The highest BCUT2D eigenvalue weighted by Gasteiger charge is 2.00. The molecule has 0 radical (unpaired) electrons. The summed E-state index contributed by atoms with van der Waals surface area (Å²) in [6, 6.07) is 18.4. The Morgan fingerprint density at radius 2 is 1.75 bits per heavy atom. The van der Waals surface area contributed by atoms with E-state index in [9.17, 15) is 4.79 Å². The van der Waals surface area contributed by atoms with E-state index in [0.717, 1.165) is 30.6 Å². The van der Waals surface area contributed by atoms with E-state index >= 15 is 0 Å². The molecule has 0 fully saturated rings. The van der Waals surface area contributed by atoms with Crippen LogP contribution in [0.25, 0.3) is 0 Å². The first-order valence-corrected chi connectivity index (χ1v) is 8.00. The molecule has 2 aromatic carbocycles. The zero-order valence-electron chi connectivity index (χ0n) is 13.7. The SMILES string of the molecule is Cl.NCC(=O)NCCc1cccc(OCCCc2ccccc2)c1. The number of hydrogen-bond acceptors (Lipinski definition) is 3. The second-order valence-electron chi connectivity index (χ2n) is 5.39. The van der Waals surface area contributed by atoms with Crippen molar-refractivity contribution in [2.24, 2.45) is 5.73 Å². The largest absolute Gasteiger partial charge is 0.494 e. The Morgan fingerprint density at radius 1 is 1.00 bits per heavy atom. The molecular formula is C19H25ClN2O2. The van der Waals surface area contributed by atoms with Crippen LogP contribution >= 0.6 is 12.4 Å². The predicted molar refractivity (Wildman–Crippen MR) is 99.7 cm³/mol. The first-order valence-electron chi connectivity index (χ1n) is 8.00. The number of amides is 1. The summed E-state index contributed by atoms with van der Waals surface area (Å²) in [5.74, 6) is 0.749. The number of ether oxygens (including phenoxy) is 1. The number of halogens is 1. The molecule has 130 valence electrons. The van der Waals surface area contributed by atoms with Gasteiger partial charge in [-0.15, -0.1) is 12.4 Å². The minimum absolute atomic E-state index is 0. The summed E-state index contributed by atoms with van der Waals surface area (Å²) in [5, 5.41) is 2.77. The molecule has 2 rings (SSSR count). The van der Waals surface area contributed by atoms with Crippen LogP contribution in [0.3, 0.4) is 0 Å². The van der Waals surface area contributed by atoms with Crippen molar-refractivity contribution in [2.75, 3.05) is 19.7 Å². The molecule has 0 aromatic heterocycles. The van der Waals surface area contributed by atoms with Gasteiger partial charge in [0.25, 0.3) is 0 Å². The molecule has 0 saturated heterocycles. The molecule has 24 heavy (non-hydrogen) atoms. The number of nitrogens with two attached hydrogens (primary N) is 1. The van der Waals surface area contributed by atoms with Crippen LogP contribution in [-0.4, -0.2) is 25.6 Å². The highest BCUT2D eigenvalue weighted by atomic mass is 35.5. The maximum Gasteiger partial charge on any atom is 0.233 e. The Hall–Kier alpha value is -2.04. The van der Waals surface area contributed by atoms with E-state index in [1.807, 2.05) is 30.3 Å². The second kappa shape index (κ2) is 11.5. The Kier molecular flexibility index (Phi) is 9.58. The topological polar surface area (TPSA) is 64.4 Å². The zero-order chi connectivity index (χ0) is 16.3. The number of benzene rings is 2. The van der Waals surface area contributed by atoms with Crippen molar-refractivity contribution in [2.45, 2.75) is 19.3 Å². The molecule has 2 aromatic rings. The van der Waals surface area contributed by atoms with E-state index in [0.29, 0.717) is 13.2 Å². The molecule has 0 aliphatic rings. The normalized spacial score (nSPS) is 9.88. The molecule has 3 N–H and O–H groups in total. The van der Waals surface area contributed by atoms with Crippen LogP contribution in [0.4, 0.5) is 0 Å². The van der Waals surface area contributed by atoms with Crippen molar-refractivity contribution in [3.63, 3.8) is 0 Å². The number of carbonyl (C=O) groups is 1. The summed E-state index contributed by atoms with van der Waals surface area (Å²) < 4.78 is 5.81. The van der Waals surface area contributed by atoms with Crippen molar-refractivity contribution in [3.8, 4) is 5.75 Å². The van der Waals surface area contributed by atoms with Gasteiger partial charge in [-0.2, -0.15) is 0 Å². The Bertz CT molecular complexity index is 605. The fraction of sp³-hybridized carbons (Fsp3) is 0.316. The third-order valence-corrected chi connectivity index (χ3v) is 3.54. The Morgan fingerprint density at radius 3 is 2.50 bits per heavy atom. The van der Waals surface area contributed by atoms with Crippen molar-refractivity contribution >= 4 is 18.3 Å². The second-order valence-corrected chi connectivity index (χ2v) is 5.39. The van der Waals surface area contributed by atoms with E-state index in [1.165, 1.54) is 5.56 Å². The highest BCUT2D eigenvalue weighted by Crippen LogP contribution is 2.14. The lowest BCUT2D eigenvalue weighted by atomic mass is 10.1. The van der Waals surface area contributed by atoms with Gasteiger partial charge in [0.15, 0.2) is 0 Å². The molecule has 0 saturated carbocycles. The number of nitrogens with one attached hydrogen (secondary N) is 1. The quantitative estimate of drug-likeness (QED) is 0.685. The lowest BCUT2D eigenvalue weighted by Crippen LogP contribution is -2.31. The van der Waals surface area contributed by atoms with Crippen LogP contribution in [0.15, 0.2) is 54.6 Å². The van der Waals surface area contributed by atoms with E-state index < -0.39 is 0 Å². The average molecular weight is 349 g/mol. The maximum absolute atomic E-state index is 11.1. The van der Waals surface area contributed by atoms with Gasteiger partial charge in [0.2, 0.25) is 5.91 Å². The van der Waals surface area contributed by atoms with Gasteiger partial charge in [-0.05, 0) is 42.5 Å². The van der Waals surface area contributed by atoms with Crippen LogP contribution in [0.5, 0.6) is 5.75 Å². The van der Waals surface area contributed by atoms with E-state index in [1.54, 1.807) is 0 Å². The molecule has 0 aliphatic carbocycles. The smallest absolute Gasteiger partial charge is 0.233 e. The molecular weight excluding hydrogens is 324 g/mol. The highest BCUT2D eigenvalue weighted by molar-refractivity contribution is 5.85. The fourth-order valence-electron chi connectivity index (χ4n) is 2.32. The summed E-state index contributed by atoms with van der Waals surface area (Å²) in [7, 11) is 0. The predicted octanol–water partition coefficient (Wildman–Crippen LogP) is 2.74. The van der Waals surface area contributed by atoms with Crippen LogP contribution in [0, 0.1) is 0 Å². The van der Waals surface area contributed by atoms with Gasteiger partial charge in [0.1, 0.15) is 5.75 Å². The molecule has 0 bridgehead atoms. The number of hydrogen-bond donors (Lipinski definition) is 2. The molecule has 0 atom stereocenters. The lowest BCUT2D eigenvalue weighted by Gasteiger charge is -2.09. The molecule has 1 amide bonds. The molecule has 0 unspecified atom stereocenters. The first-order chi connectivity index (χ1) is 11.3. The van der Waals surface area contributed by atoms with Gasteiger partial charge < -0.3 is 15.8 Å². The first kappa shape index (κ1) is 20.0. The van der Waals surface area contributed by atoms with Crippen LogP contribution in [-0.2, 0) is 17.6 Å². The molecule has 5 heteroatoms. The summed E-state index contributed by atoms with van der Waals surface area (Å²) in [6.07, 6.45) is 2.78. The minimum Gasteiger partial charge on any atom is -0.494 e. The van der Waals surface area contributed by atoms with Crippen molar-refractivity contribution in [1.82, 2.24) is 5.32 Å². The third-order valence-electron chi connectivity index (χ3n) is 3.54. The monoisotopic (exact) mass is 348 g/mol. The van der Waals surface area contributed by atoms with Crippen LogP contribution < -0.4 is 15.8 Å². The molecule has 0 heterocycles. The maximum atomic E-state index is 11.1. The van der Waals surface area contributed by atoms with Crippen molar-refractivity contribution in [1.29, 1.82) is 0 Å². The average Bonchev–Trinajstić information content (AvgIpc) is 2.60. The van der Waals surface area contributed by atoms with E-state index in [2.05, 4.69) is 29.6 Å². The van der Waals surface area contributed by atoms with E-state index in [4.69, 9.17) is 10.5 Å². The molecule has 0 aliphatic heterocycles. The third kappa shape index (κ3) is 7.49. The van der Waals surface area contributed by atoms with Crippen molar-refractivity contribution in [3.05, 3.63) is 65.7 Å². The number of rotatable bonds is 9. The van der Waals surface area contributed by atoms with Crippen molar-refractivity contribution < 1.29 is 9.53 Å².